The van der Waals surface area contributed by atoms with Crippen molar-refractivity contribution in [3.05, 3.63) is 28.0 Å². The van der Waals surface area contributed by atoms with E-state index in [9.17, 15) is 4.39 Å². The Hall–Kier alpha value is -1.08. The van der Waals surface area contributed by atoms with E-state index in [4.69, 9.17) is 5.26 Å². The van der Waals surface area contributed by atoms with Crippen molar-refractivity contribution in [3.63, 3.8) is 0 Å². The van der Waals surface area contributed by atoms with Gasteiger partial charge in [-0.15, -0.1) is 0 Å². The molecule has 102 valence electrons. The van der Waals surface area contributed by atoms with E-state index < -0.39 is 5.82 Å². The molecule has 1 N–H and O–H groups in total. The Balaban J connectivity index is 2.11. The van der Waals surface area contributed by atoms with Crippen LogP contribution in [0.25, 0.3) is 0 Å². The molecule has 2 rings (SSSR count). The van der Waals surface area contributed by atoms with Crippen LogP contribution >= 0.6 is 15.9 Å². The van der Waals surface area contributed by atoms with E-state index >= 15 is 0 Å². The Bertz CT molecular complexity index is 544. The Morgan fingerprint density at radius 1 is 1.32 bits per heavy atom. The molecular weight excluding hydrogens is 307 g/mol. The lowest BCUT2D eigenvalue weighted by atomic mass is 10.0. The largest absolute Gasteiger partial charge is 0.382 e. The summed E-state index contributed by atoms with van der Waals surface area (Å²) >= 11 is 3.12. The fourth-order valence-electron chi connectivity index (χ4n) is 2.83. The lowest BCUT2D eigenvalue weighted by Crippen LogP contribution is -2.09. The van der Waals surface area contributed by atoms with Crippen molar-refractivity contribution in [2.75, 3.05) is 11.9 Å². The van der Waals surface area contributed by atoms with E-state index in [2.05, 4.69) is 48.9 Å². The maximum Gasteiger partial charge on any atom is 0.161 e. The van der Waals surface area contributed by atoms with Crippen LogP contribution in [0.5, 0.6) is 0 Å². The van der Waals surface area contributed by atoms with Gasteiger partial charge in [-0.2, -0.15) is 5.26 Å². The Morgan fingerprint density at radius 2 is 1.89 bits per heavy atom. The molecule has 0 heterocycles. The third-order valence-corrected chi connectivity index (χ3v) is 5.79. The number of rotatable bonds is 3. The molecule has 1 fully saturated rings. The second kappa shape index (κ2) is 4.49. The molecule has 0 unspecified atom stereocenters. The first-order valence-corrected chi connectivity index (χ1v) is 7.14. The van der Waals surface area contributed by atoms with Gasteiger partial charge >= 0.3 is 0 Å². The van der Waals surface area contributed by atoms with Gasteiger partial charge in [0.2, 0.25) is 0 Å². The number of nitrogens with zero attached hydrogens (tertiary/aromatic N) is 1. The number of nitrogens with one attached hydrogen (secondary N) is 1. The minimum absolute atomic E-state index is 0.231. The van der Waals surface area contributed by atoms with Crippen LogP contribution in [0.3, 0.4) is 0 Å². The third kappa shape index (κ3) is 2.14. The van der Waals surface area contributed by atoms with Gasteiger partial charge in [0.15, 0.2) is 5.82 Å². The molecule has 1 aromatic rings. The molecule has 0 bridgehead atoms. The molecule has 0 aliphatic heterocycles. The second-order valence-corrected chi connectivity index (χ2v) is 7.07. The number of benzene rings is 1. The number of nitriles is 1. The molecule has 0 saturated heterocycles. The van der Waals surface area contributed by atoms with Crippen LogP contribution in [0.4, 0.5) is 10.1 Å². The van der Waals surface area contributed by atoms with Gasteiger partial charge in [-0.05, 0) is 44.8 Å². The van der Waals surface area contributed by atoms with Crippen molar-refractivity contribution in [2.45, 2.75) is 27.7 Å². The molecule has 0 amide bonds. The van der Waals surface area contributed by atoms with E-state index in [0.717, 1.165) is 6.54 Å². The summed E-state index contributed by atoms with van der Waals surface area (Å²) < 4.78 is 14.3. The summed E-state index contributed by atoms with van der Waals surface area (Å²) in [5.41, 5.74) is 1.32. The minimum Gasteiger partial charge on any atom is -0.382 e. The van der Waals surface area contributed by atoms with Gasteiger partial charge in [0.05, 0.1) is 15.7 Å². The molecule has 1 aliphatic carbocycles. The minimum atomic E-state index is -0.393. The monoisotopic (exact) mass is 324 g/mol. The molecule has 4 heteroatoms. The molecule has 19 heavy (non-hydrogen) atoms. The normalized spacial score (nSPS) is 19.8. The lowest BCUT2D eigenvalue weighted by Gasteiger charge is -2.10. The van der Waals surface area contributed by atoms with E-state index in [1.165, 1.54) is 0 Å². The number of anilines is 1. The summed E-state index contributed by atoms with van der Waals surface area (Å²) in [4.78, 5) is 0. The van der Waals surface area contributed by atoms with Gasteiger partial charge < -0.3 is 5.32 Å². The van der Waals surface area contributed by atoms with Gasteiger partial charge in [0, 0.05) is 6.54 Å². The third-order valence-electron chi connectivity index (χ3n) is 5.02. The molecule has 1 aromatic carbocycles. The van der Waals surface area contributed by atoms with Crippen molar-refractivity contribution in [1.29, 1.82) is 5.26 Å². The van der Waals surface area contributed by atoms with Crippen LogP contribution in [0.15, 0.2) is 16.6 Å². The highest BCUT2D eigenvalue weighted by Gasteiger charge is 2.64. The smallest absolute Gasteiger partial charge is 0.161 e. The average Bonchev–Trinajstić information content (AvgIpc) is 2.72. The molecule has 0 radical (unpaired) electrons. The molecule has 2 nitrogen and oxygen atoms in total. The van der Waals surface area contributed by atoms with E-state index in [0.29, 0.717) is 17.2 Å². The zero-order valence-corrected chi connectivity index (χ0v) is 13.2. The molecule has 0 spiro atoms. The van der Waals surface area contributed by atoms with Crippen LogP contribution in [0, 0.1) is 33.9 Å². The van der Waals surface area contributed by atoms with E-state index in [-0.39, 0.29) is 15.3 Å². The molecular formula is C15H18BrFN2. The first-order chi connectivity index (χ1) is 8.73. The Morgan fingerprint density at radius 3 is 2.37 bits per heavy atom. The van der Waals surface area contributed by atoms with Crippen LogP contribution in [-0.4, -0.2) is 6.54 Å². The summed E-state index contributed by atoms with van der Waals surface area (Å²) in [5.74, 6) is 0.129. The predicted octanol–water partition coefficient (Wildman–Crippen LogP) is 4.55. The fourth-order valence-corrected chi connectivity index (χ4v) is 3.26. The quantitative estimate of drug-likeness (QED) is 0.885. The van der Waals surface area contributed by atoms with Crippen LogP contribution < -0.4 is 5.32 Å². The Kier molecular flexibility index (Phi) is 3.38. The van der Waals surface area contributed by atoms with Gasteiger partial charge in [0.25, 0.3) is 0 Å². The van der Waals surface area contributed by atoms with Gasteiger partial charge in [-0.1, -0.05) is 27.7 Å². The zero-order valence-electron chi connectivity index (χ0n) is 11.6. The van der Waals surface area contributed by atoms with Crippen LogP contribution in [-0.2, 0) is 0 Å². The van der Waals surface area contributed by atoms with Crippen molar-refractivity contribution in [3.8, 4) is 6.07 Å². The van der Waals surface area contributed by atoms with Crippen LogP contribution in [0.1, 0.15) is 33.3 Å². The van der Waals surface area contributed by atoms with E-state index in [1.807, 2.05) is 6.07 Å². The number of hydrogen-bond donors (Lipinski definition) is 1. The van der Waals surface area contributed by atoms with Crippen molar-refractivity contribution >= 4 is 21.6 Å². The zero-order chi connectivity index (χ0) is 14.4. The summed E-state index contributed by atoms with van der Waals surface area (Å²) in [5, 5.41) is 12.0. The maximum absolute atomic E-state index is 14.0. The van der Waals surface area contributed by atoms with Crippen LogP contribution in [0.2, 0.25) is 0 Å². The fraction of sp³-hybridized carbons (Fsp3) is 0.533. The summed E-state index contributed by atoms with van der Waals surface area (Å²) in [6.07, 6.45) is 0. The first-order valence-electron chi connectivity index (χ1n) is 6.35. The summed E-state index contributed by atoms with van der Waals surface area (Å²) in [6, 6.07) is 5.20. The van der Waals surface area contributed by atoms with Crippen molar-refractivity contribution < 1.29 is 4.39 Å². The van der Waals surface area contributed by atoms with Crippen molar-refractivity contribution in [1.82, 2.24) is 0 Å². The van der Waals surface area contributed by atoms with E-state index in [1.54, 1.807) is 12.1 Å². The van der Waals surface area contributed by atoms with Gasteiger partial charge in [-0.3, -0.25) is 0 Å². The molecule has 1 saturated carbocycles. The second-order valence-electron chi connectivity index (χ2n) is 6.28. The highest BCUT2D eigenvalue weighted by Crippen LogP contribution is 2.68. The van der Waals surface area contributed by atoms with Crippen molar-refractivity contribution in [2.24, 2.45) is 16.7 Å². The summed E-state index contributed by atoms with van der Waals surface area (Å²) in [7, 11) is 0. The Labute approximate surface area is 122 Å². The first kappa shape index (κ1) is 14.3. The molecule has 0 aromatic heterocycles. The SMILES string of the molecule is CC1(C)C(CNc2ccc(C#N)c(Br)c2F)C1(C)C. The lowest BCUT2D eigenvalue weighted by molar-refractivity contribution is 0.457. The molecule has 0 atom stereocenters. The molecule has 1 aliphatic rings. The highest BCUT2D eigenvalue weighted by molar-refractivity contribution is 9.10. The highest BCUT2D eigenvalue weighted by atomic mass is 79.9. The topological polar surface area (TPSA) is 35.8 Å². The number of hydrogen-bond acceptors (Lipinski definition) is 2. The average molecular weight is 325 g/mol. The van der Waals surface area contributed by atoms with Gasteiger partial charge in [0.1, 0.15) is 6.07 Å². The maximum atomic E-state index is 14.0. The summed E-state index contributed by atoms with van der Waals surface area (Å²) in [6.45, 7) is 9.71. The number of halogens is 2. The predicted molar refractivity (Wildman–Crippen MR) is 78.4 cm³/mol. The standard InChI is InChI=1S/C15H18BrFN2/c1-14(2)11(15(14,3)4)8-19-10-6-5-9(7-18)12(16)13(10)17/h5-6,11,19H,8H2,1-4H3. The van der Waals surface area contributed by atoms with Gasteiger partial charge in [-0.25, -0.2) is 4.39 Å².